The van der Waals surface area contributed by atoms with Crippen LogP contribution >= 0.6 is 0 Å². The van der Waals surface area contributed by atoms with E-state index in [1.165, 1.54) is 0 Å². The van der Waals surface area contributed by atoms with Crippen molar-refractivity contribution in [2.24, 2.45) is 5.73 Å². The maximum Gasteiger partial charge on any atom is 0.269 e. The lowest BCUT2D eigenvalue weighted by molar-refractivity contribution is 0.0995. The van der Waals surface area contributed by atoms with Crippen molar-refractivity contribution in [1.29, 1.82) is 0 Å². The van der Waals surface area contributed by atoms with Crippen molar-refractivity contribution in [1.82, 2.24) is 4.57 Å². The highest BCUT2D eigenvalue weighted by atomic mass is 32.2. The van der Waals surface area contributed by atoms with Gasteiger partial charge in [-0.3, -0.25) is 18.7 Å². The number of pyridine rings is 1. The van der Waals surface area contributed by atoms with Crippen LogP contribution in [0.25, 0.3) is 0 Å². The number of hydrogen-bond donors (Lipinski definition) is 3. The Kier molecular flexibility index (Phi) is 3.77. The van der Waals surface area contributed by atoms with Gasteiger partial charge in [0.2, 0.25) is 5.88 Å². The second-order valence-electron chi connectivity index (χ2n) is 3.54. The van der Waals surface area contributed by atoms with Gasteiger partial charge in [-0.15, -0.1) is 0 Å². The first-order valence-electron chi connectivity index (χ1n) is 4.88. The molecule has 0 unspecified atom stereocenters. The zero-order chi connectivity index (χ0) is 14.1. The quantitative estimate of drug-likeness (QED) is 0.606. The van der Waals surface area contributed by atoms with Crippen LogP contribution in [0.1, 0.15) is 22.8 Å². The van der Waals surface area contributed by atoms with Crippen molar-refractivity contribution in [3.8, 4) is 5.88 Å². The fourth-order valence-electron chi connectivity index (χ4n) is 1.57. The van der Waals surface area contributed by atoms with Gasteiger partial charge in [0.15, 0.2) is 0 Å². The average molecular weight is 276 g/mol. The Hall–Kier alpha value is -1.87. The summed E-state index contributed by atoms with van der Waals surface area (Å²) in [5.74, 6) is -2.77. The van der Waals surface area contributed by atoms with E-state index in [9.17, 15) is 23.1 Å². The number of amides is 1. The first kappa shape index (κ1) is 14.2. The molecule has 0 bridgehead atoms. The third-order valence-electron chi connectivity index (χ3n) is 2.26. The van der Waals surface area contributed by atoms with Crippen LogP contribution < -0.4 is 11.3 Å². The minimum atomic E-state index is -4.45. The second kappa shape index (κ2) is 4.78. The fourth-order valence-corrected chi connectivity index (χ4v) is 2.19. The Morgan fingerprint density at radius 2 is 2.06 bits per heavy atom. The summed E-state index contributed by atoms with van der Waals surface area (Å²) in [5.41, 5.74) is 3.49. The van der Waals surface area contributed by atoms with Crippen molar-refractivity contribution in [2.75, 3.05) is 0 Å². The Bertz CT molecular complexity index is 646. The molecule has 0 saturated heterocycles. The van der Waals surface area contributed by atoms with E-state index in [-0.39, 0.29) is 12.1 Å². The molecule has 0 aliphatic carbocycles. The molecule has 0 aliphatic rings. The number of aromatic hydroxyl groups is 1. The molecule has 9 heteroatoms. The summed E-state index contributed by atoms with van der Waals surface area (Å²) in [4.78, 5) is 22.7. The van der Waals surface area contributed by atoms with E-state index in [2.05, 4.69) is 0 Å². The number of carbonyl (C=O) groups is 1. The molecule has 1 amide bonds. The van der Waals surface area contributed by atoms with Crippen LogP contribution in [0.2, 0.25) is 0 Å². The topological polar surface area (TPSA) is 140 Å². The van der Waals surface area contributed by atoms with Gasteiger partial charge in [0.1, 0.15) is 11.3 Å². The highest BCUT2D eigenvalue weighted by Gasteiger charge is 2.21. The molecule has 0 fully saturated rings. The Morgan fingerprint density at radius 1 is 1.50 bits per heavy atom. The molecule has 8 nitrogen and oxygen atoms in total. The molecule has 18 heavy (non-hydrogen) atoms. The minimum Gasteiger partial charge on any atom is -0.494 e. The van der Waals surface area contributed by atoms with Crippen molar-refractivity contribution < 1.29 is 22.9 Å². The molecule has 1 aromatic heterocycles. The molecule has 1 heterocycles. The molecule has 4 N–H and O–H groups in total. The summed E-state index contributed by atoms with van der Waals surface area (Å²) < 4.78 is 31.1. The van der Waals surface area contributed by atoms with Crippen molar-refractivity contribution >= 4 is 16.0 Å². The molecule has 1 aromatic rings. The first-order valence-corrected chi connectivity index (χ1v) is 6.49. The van der Waals surface area contributed by atoms with Gasteiger partial charge in [-0.1, -0.05) is 0 Å². The van der Waals surface area contributed by atoms with Crippen molar-refractivity contribution in [3.05, 3.63) is 27.5 Å². The summed E-state index contributed by atoms with van der Waals surface area (Å²) >= 11 is 0. The van der Waals surface area contributed by atoms with Gasteiger partial charge < -0.3 is 10.8 Å². The lowest BCUT2D eigenvalue weighted by Crippen LogP contribution is -2.26. The number of aromatic nitrogens is 1. The lowest BCUT2D eigenvalue weighted by atomic mass is 10.1. The van der Waals surface area contributed by atoms with E-state index in [4.69, 9.17) is 10.3 Å². The van der Waals surface area contributed by atoms with Crippen LogP contribution in [0.5, 0.6) is 5.88 Å². The van der Waals surface area contributed by atoms with Crippen LogP contribution in [0.15, 0.2) is 10.9 Å². The number of nitrogens with two attached hydrogens (primary N) is 1. The SMILES string of the molecule is CCn1c(O)c(C(N)=O)c(CS(=O)(=O)O)cc1=O. The molecule has 1 rings (SSSR count). The molecule has 0 aromatic carbocycles. The van der Waals surface area contributed by atoms with Gasteiger partial charge in [0.25, 0.3) is 21.6 Å². The molecular weight excluding hydrogens is 264 g/mol. The normalized spacial score (nSPS) is 11.4. The smallest absolute Gasteiger partial charge is 0.269 e. The van der Waals surface area contributed by atoms with Crippen molar-refractivity contribution in [3.63, 3.8) is 0 Å². The summed E-state index contributed by atoms with van der Waals surface area (Å²) in [6.45, 7) is 1.63. The number of hydrogen-bond acceptors (Lipinski definition) is 5. The van der Waals surface area contributed by atoms with Gasteiger partial charge in [-0.25, -0.2) is 0 Å². The highest BCUT2D eigenvalue weighted by molar-refractivity contribution is 7.85. The number of primary amides is 1. The third kappa shape index (κ3) is 2.87. The number of rotatable bonds is 4. The largest absolute Gasteiger partial charge is 0.494 e. The van der Waals surface area contributed by atoms with Crippen LogP contribution in [0.3, 0.4) is 0 Å². The predicted octanol–water partition coefficient (Wildman–Crippen LogP) is -0.939. The minimum absolute atomic E-state index is 0.0805. The van der Waals surface area contributed by atoms with Crippen molar-refractivity contribution in [2.45, 2.75) is 19.2 Å². The molecular formula is C9H12N2O6S. The van der Waals surface area contributed by atoms with Crippen LogP contribution in [0.4, 0.5) is 0 Å². The van der Waals surface area contributed by atoms with Gasteiger partial charge in [0.05, 0.1) is 0 Å². The van der Waals surface area contributed by atoms with Crippen LogP contribution in [-0.2, 0) is 22.4 Å². The van der Waals surface area contributed by atoms with E-state index >= 15 is 0 Å². The number of nitrogens with zero attached hydrogens (tertiary/aromatic N) is 1. The van der Waals surface area contributed by atoms with Gasteiger partial charge in [-0.2, -0.15) is 8.42 Å². The molecule has 100 valence electrons. The van der Waals surface area contributed by atoms with E-state index in [1.54, 1.807) is 6.92 Å². The maximum atomic E-state index is 11.5. The predicted molar refractivity (Wildman–Crippen MR) is 61.8 cm³/mol. The van der Waals surface area contributed by atoms with Gasteiger partial charge in [0, 0.05) is 12.6 Å². The standard InChI is InChI=1S/C9H12N2O6S/c1-2-11-6(12)3-5(4-18(15,16)17)7(8(10)13)9(11)14/h3,14H,2,4H2,1H3,(H2,10,13)(H,15,16,17). The maximum absolute atomic E-state index is 11.5. The third-order valence-corrected chi connectivity index (χ3v) is 2.94. The Labute approximate surface area is 102 Å². The molecule has 0 aliphatic heterocycles. The van der Waals surface area contributed by atoms with E-state index in [0.29, 0.717) is 0 Å². The summed E-state index contributed by atoms with van der Waals surface area (Å²) in [7, 11) is -4.45. The zero-order valence-electron chi connectivity index (χ0n) is 9.45. The van der Waals surface area contributed by atoms with E-state index in [0.717, 1.165) is 10.6 Å². The van der Waals surface area contributed by atoms with E-state index in [1.807, 2.05) is 0 Å². The van der Waals surface area contributed by atoms with Crippen LogP contribution in [0, 0.1) is 0 Å². The van der Waals surface area contributed by atoms with Crippen LogP contribution in [-0.4, -0.2) is 28.6 Å². The monoisotopic (exact) mass is 276 g/mol. The Morgan fingerprint density at radius 3 is 2.44 bits per heavy atom. The molecule has 0 spiro atoms. The molecule has 0 atom stereocenters. The van der Waals surface area contributed by atoms with E-state index < -0.39 is 38.8 Å². The highest BCUT2D eigenvalue weighted by Crippen LogP contribution is 2.20. The Balaban J connectivity index is 3.62. The zero-order valence-corrected chi connectivity index (χ0v) is 10.3. The summed E-state index contributed by atoms with van der Waals surface area (Å²) in [6.07, 6.45) is 0. The molecule has 0 radical (unpaired) electrons. The lowest BCUT2D eigenvalue weighted by Gasteiger charge is -2.12. The summed E-state index contributed by atoms with van der Waals surface area (Å²) in [6, 6.07) is 0.844. The summed E-state index contributed by atoms with van der Waals surface area (Å²) in [5, 5.41) is 9.70. The average Bonchev–Trinajstić information content (AvgIpc) is 2.13. The first-order chi connectivity index (χ1) is 8.17. The van der Waals surface area contributed by atoms with Gasteiger partial charge >= 0.3 is 0 Å². The number of carbonyl (C=O) groups excluding carboxylic acids is 1. The fraction of sp³-hybridized carbons (Fsp3) is 0.333. The van der Waals surface area contributed by atoms with Gasteiger partial charge in [-0.05, 0) is 12.5 Å². The molecule has 0 saturated carbocycles. The second-order valence-corrected chi connectivity index (χ2v) is 4.99.